The van der Waals surface area contributed by atoms with Gasteiger partial charge in [0.2, 0.25) is 0 Å². The number of carbonyl (C=O) groups is 2. The van der Waals surface area contributed by atoms with E-state index in [-0.39, 0.29) is 16.8 Å². The van der Waals surface area contributed by atoms with Crippen molar-refractivity contribution in [1.29, 1.82) is 0 Å². The molecule has 2 aromatic carbocycles. The van der Waals surface area contributed by atoms with E-state index in [9.17, 15) is 27.9 Å². The highest BCUT2D eigenvalue weighted by Gasteiger charge is 2.47. The van der Waals surface area contributed by atoms with Crippen molar-refractivity contribution < 1.29 is 27.9 Å². The number of benzene rings is 2. The number of amides is 1. The van der Waals surface area contributed by atoms with Gasteiger partial charge in [0, 0.05) is 24.0 Å². The molecule has 5 nitrogen and oxygen atoms in total. The fourth-order valence-electron chi connectivity index (χ4n) is 3.37. The molecule has 0 bridgehead atoms. The standard InChI is InChI=1S/C22H13F3N2O3/c23-14-5-3-12(4-6-14)20(28)18-19(13-2-1-9-26-11-13)27(22(30)21(18)29)17-8-7-15(24)10-16(17)25/h1-11,19,28H/b20-18+. The monoisotopic (exact) mass is 410 g/mol. The van der Waals surface area contributed by atoms with Gasteiger partial charge in [-0.2, -0.15) is 0 Å². The highest BCUT2D eigenvalue weighted by molar-refractivity contribution is 6.51. The quantitative estimate of drug-likeness (QED) is 0.401. The lowest BCUT2D eigenvalue weighted by Crippen LogP contribution is -2.30. The highest BCUT2D eigenvalue weighted by atomic mass is 19.1. The smallest absolute Gasteiger partial charge is 0.300 e. The Bertz CT molecular complexity index is 1180. The van der Waals surface area contributed by atoms with E-state index in [1.54, 1.807) is 12.1 Å². The van der Waals surface area contributed by atoms with Gasteiger partial charge in [-0.05, 0) is 48.0 Å². The second-order valence-corrected chi connectivity index (χ2v) is 6.56. The number of pyridine rings is 1. The third-order valence-corrected chi connectivity index (χ3v) is 4.73. The molecule has 1 aliphatic heterocycles. The Morgan fingerprint density at radius 1 is 0.967 bits per heavy atom. The van der Waals surface area contributed by atoms with Gasteiger partial charge in [0.05, 0.1) is 17.3 Å². The Hall–Kier alpha value is -3.94. The van der Waals surface area contributed by atoms with Crippen molar-refractivity contribution in [3.63, 3.8) is 0 Å². The highest BCUT2D eigenvalue weighted by Crippen LogP contribution is 2.42. The predicted molar refractivity (Wildman–Crippen MR) is 102 cm³/mol. The zero-order chi connectivity index (χ0) is 21.4. The maximum Gasteiger partial charge on any atom is 0.300 e. The van der Waals surface area contributed by atoms with Crippen LogP contribution in [0, 0.1) is 17.5 Å². The summed E-state index contributed by atoms with van der Waals surface area (Å²) in [6.07, 6.45) is 2.83. The predicted octanol–water partition coefficient (Wildman–Crippen LogP) is 4.13. The molecule has 1 saturated heterocycles. The first-order chi connectivity index (χ1) is 14.4. The maximum atomic E-state index is 14.5. The Morgan fingerprint density at radius 2 is 1.67 bits per heavy atom. The van der Waals surface area contributed by atoms with Crippen LogP contribution in [0.3, 0.4) is 0 Å². The summed E-state index contributed by atoms with van der Waals surface area (Å²) in [5.41, 5.74) is -0.221. The molecule has 0 radical (unpaired) electrons. The molecule has 0 saturated carbocycles. The fraction of sp³-hybridized carbons (Fsp3) is 0.0455. The van der Waals surface area contributed by atoms with Crippen LogP contribution in [-0.2, 0) is 9.59 Å². The van der Waals surface area contributed by atoms with E-state index in [0.717, 1.165) is 29.2 Å². The van der Waals surface area contributed by atoms with E-state index in [4.69, 9.17) is 0 Å². The molecule has 1 fully saturated rings. The SMILES string of the molecule is O=C1C(=O)N(c2ccc(F)cc2F)C(c2cccnc2)/C1=C(\O)c1ccc(F)cc1. The van der Waals surface area contributed by atoms with Crippen LogP contribution in [0.15, 0.2) is 72.6 Å². The van der Waals surface area contributed by atoms with Crippen LogP contribution in [0.1, 0.15) is 17.2 Å². The van der Waals surface area contributed by atoms with E-state index >= 15 is 0 Å². The molecule has 150 valence electrons. The van der Waals surface area contributed by atoms with E-state index in [1.807, 2.05) is 0 Å². The third kappa shape index (κ3) is 3.22. The lowest BCUT2D eigenvalue weighted by atomic mass is 9.96. The summed E-state index contributed by atoms with van der Waals surface area (Å²) < 4.78 is 41.2. The molecule has 8 heteroatoms. The second kappa shape index (κ2) is 7.47. The molecule has 1 amide bonds. The number of aliphatic hydroxyl groups excluding tert-OH is 1. The molecular formula is C22H13F3N2O3. The normalized spacial score (nSPS) is 18.1. The number of halogens is 3. The van der Waals surface area contributed by atoms with E-state index < -0.39 is 40.9 Å². The zero-order valence-corrected chi connectivity index (χ0v) is 15.2. The molecule has 1 aromatic heterocycles. The summed E-state index contributed by atoms with van der Waals surface area (Å²) in [4.78, 5) is 30.5. The first-order valence-electron chi connectivity index (χ1n) is 8.80. The van der Waals surface area contributed by atoms with Crippen LogP contribution < -0.4 is 4.90 Å². The lowest BCUT2D eigenvalue weighted by molar-refractivity contribution is -0.132. The van der Waals surface area contributed by atoms with Crippen molar-refractivity contribution >= 4 is 23.1 Å². The average Bonchev–Trinajstić information content (AvgIpc) is 3.00. The number of carbonyl (C=O) groups excluding carboxylic acids is 2. The Labute approximate surface area is 168 Å². The molecule has 4 rings (SSSR count). The minimum atomic E-state index is -1.22. The zero-order valence-electron chi connectivity index (χ0n) is 15.2. The van der Waals surface area contributed by atoms with Gasteiger partial charge in [0.25, 0.3) is 11.7 Å². The number of anilines is 1. The third-order valence-electron chi connectivity index (χ3n) is 4.73. The largest absolute Gasteiger partial charge is 0.507 e. The maximum absolute atomic E-state index is 14.5. The van der Waals surface area contributed by atoms with Gasteiger partial charge >= 0.3 is 0 Å². The van der Waals surface area contributed by atoms with Crippen LogP contribution in [-0.4, -0.2) is 21.8 Å². The molecule has 0 spiro atoms. The Balaban J connectivity index is 1.96. The minimum Gasteiger partial charge on any atom is -0.507 e. The molecule has 0 aliphatic carbocycles. The minimum absolute atomic E-state index is 0.0999. The number of aliphatic hydroxyl groups is 1. The average molecular weight is 410 g/mol. The molecule has 1 N–H and O–H groups in total. The molecule has 30 heavy (non-hydrogen) atoms. The number of hydrogen-bond acceptors (Lipinski definition) is 4. The molecule has 2 heterocycles. The number of rotatable bonds is 3. The van der Waals surface area contributed by atoms with Crippen molar-refractivity contribution in [2.75, 3.05) is 4.90 Å². The van der Waals surface area contributed by atoms with Gasteiger partial charge in [-0.1, -0.05) is 6.07 Å². The van der Waals surface area contributed by atoms with Crippen LogP contribution in [0.2, 0.25) is 0 Å². The lowest BCUT2D eigenvalue weighted by Gasteiger charge is -2.25. The second-order valence-electron chi connectivity index (χ2n) is 6.56. The van der Waals surface area contributed by atoms with Crippen LogP contribution in [0.5, 0.6) is 0 Å². The summed E-state index contributed by atoms with van der Waals surface area (Å²) >= 11 is 0. The molecule has 1 aliphatic rings. The van der Waals surface area contributed by atoms with Gasteiger partial charge in [0.15, 0.2) is 0 Å². The van der Waals surface area contributed by atoms with E-state index in [1.165, 1.54) is 24.5 Å². The Morgan fingerprint density at radius 3 is 2.30 bits per heavy atom. The molecule has 1 atom stereocenters. The van der Waals surface area contributed by atoms with Crippen LogP contribution in [0.4, 0.5) is 18.9 Å². The summed E-state index contributed by atoms with van der Waals surface area (Å²) in [5, 5.41) is 10.8. The van der Waals surface area contributed by atoms with Crippen molar-refractivity contribution in [2.45, 2.75) is 6.04 Å². The Kier molecular flexibility index (Phi) is 4.83. The van der Waals surface area contributed by atoms with E-state index in [2.05, 4.69) is 4.98 Å². The summed E-state index contributed by atoms with van der Waals surface area (Å²) in [6, 6.07) is 9.14. The number of aromatic nitrogens is 1. The number of ketones is 1. The van der Waals surface area contributed by atoms with Gasteiger partial charge in [-0.15, -0.1) is 0 Å². The van der Waals surface area contributed by atoms with Gasteiger partial charge in [-0.3, -0.25) is 19.5 Å². The van der Waals surface area contributed by atoms with Crippen molar-refractivity contribution in [3.8, 4) is 0 Å². The first-order valence-corrected chi connectivity index (χ1v) is 8.80. The fourth-order valence-corrected chi connectivity index (χ4v) is 3.37. The summed E-state index contributed by atoms with van der Waals surface area (Å²) in [6.45, 7) is 0. The van der Waals surface area contributed by atoms with Crippen molar-refractivity contribution in [1.82, 2.24) is 4.98 Å². The van der Waals surface area contributed by atoms with Gasteiger partial charge < -0.3 is 5.11 Å². The summed E-state index contributed by atoms with van der Waals surface area (Å²) in [5.74, 6) is -5.16. The number of nitrogens with zero attached hydrogens (tertiary/aromatic N) is 2. The number of hydrogen-bond donors (Lipinski definition) is 1. The molecule has 1 unspecified atom stereocenters. The van der Waals surface area contributed by atoms with Crippen LogP contribution in [0.25, 0.3) is 5.76 Å². The molecular weight excluding hydrogens is 397 g/mol. The molecule has 3 aromatic rings. The van der Waals surface area contributed by atoms with Crippen molar-refractivity contribution in [3.05, 3.63) is 101 Å². The number of Topliss-reactive ketones (excluding diaryl/α,β-unsaturated/α-hetero) is 1. The first kappa shape index (κ1) is 19.4. The topological polar surface area (TPSA) is 70.5 Å². The van der Waals surface area contributed by atoms with Gasteiger partial charge in [0.1, 0.15) is 23.2 Å². The summed E-state index contributed by atoms with van der Waals surface area (Å²) in [7, 11) is 0. The van der Waals surface area contributed by atoms with Gasteiger partial charge in [-0.25, -0.2) is 13.2 Å². The van der Waals surface area contributed by atoms with Crippen LogP contribution >= 0.6 is 0 Å². The van der Waals surface area contributed by atoms with Crippen molar-refractivity contribution in [2.24, 2.45) is 0 Å². The van der Waals surface area contributed by atoms with E-state index in [0.29, 0.717) is 11.6 Å².